The van der Waals surface area contributed by atoms with Crippen molar-refractivity contribution < 1.29 is 36.5 Å². The van der Waals surface area contributed by atoms with Crippen LogP contribution in [0.5, 0.6) is 5.75 Å². The summed E-state index contributed by atoms with van der Waals surface area (Å²) in [6, 6.07) is 12.9. The lowest BCUT2D eigenvalue weighted by molar-refractivity contribution is -0.274. The molecule has 2 aromatic rings. The average Bonchev–Trinajstić information content (AvgIpc) is 2.96. The van der Waals surface area contributed by atoms with Gasteiger partial charge in [0.05, 0.1) is 6.61 Å². The van der Waals surface area contributed by atoms with Gasteiger partial charge in [-0.25, -0.2) is 0 Å². The van der Waals surface area contributed by atoms with Gasteiger partial charge >= 0.3 is 13.0 Å². The van der Waals surface area contributed by atoms with Gasteiger partial charge in [-0.15, -0.1) is 13.2 Å². The van der Waals surface area contributed by atoms with Crippen LogP contribution in [0.4, 0.5) is 22.0 Å². The van der Waals surface area contributed by atoms with Gasteiger partial charge < -0.3 is 19.9 Å². The molecular weight excluding hydrogens is 553 g/mol. The first-order valence-electron chi connectivity index (χ1n) is 13.8. The topological polar surface area (TPSA) is 50.7 Å². The van der Waals surface area contributed by atoms with Crippen molar-refractivity contribution in [3.63, 3.8) is 0 Å². The number of hydrogen-bond donors (Lipinski definition) is 2. The Balaban J connectivity index is 0.00000206. The fourth-order valence-corrected chi connectivity index (χ4v) is 3.45. The number of allylic oxidation sites excluding steroid dienone is 5. The summed E-state index contributed by atoms with van der Waals surface area (Å²) in [7, 11) is 0. The lowest BCUT2D eigenvalue weighted by atomic mass is 9.97. The maximum atomic E-state index is 13.2. The van der Waals surface area contributed by atoms with Gasteiger partial charge in [0.25, 0.3) is 0 Å². The smallest absolute Gasteiger partial charge is 0.435 e. The Morgan fingerprint density at radius 3 is 2.12 bits per heavy atom. The van der Waals surface area contributed by atoms with E-state index in [0.717, 1.165) is 40.8 Å². The van der Waals surface area contributed by atoms with Gasteiger partial charge in [-0.05, 0) is 72.7 Å². The van der Waals surface area contributed by atoms with Crippen molar-refractivity contribution in [1.29, 1.82) is 0 Å². The predicted octanol–water partition coefficient (Wildman–Crippen LogP) is 9.48. The van der Waals surface area contributed by atoms with Crippen molar-refractivity contribution >= 4 is 5.57 Å². The Morgan fingerprint density at radius 2 is 1.60 bits per heavy atom. The van der Waals surface area contributed by atoms with Crippen molar-refractivity contribution in [3.8, 4) is 5.75 Å². The maximum absolute atomic E-state index is 13.2. The van der Waals surface area contributed by atoms with E-state index < -0.39 is 18.7 Å². The lowest BCUT2D eigenvalue weighted by Crippen LogP contribution is -2.17. The van der Waals surface area contributed by atoms with Gasteiger partial charge in [-0.2, -0.15) is 8.78 Å². The Kier molecular flexibility index (Phi) is 16.3. The van der Waals surface area contributed by atoms with Crippen LogP contribution in [-0.2, 0) is 17.7 Å². The van der Waals surface area contributed by atoms with Gasteiger partial charge in [0.1, 0.15) is 11.5 Å². The fourth-order valence-electron chi connectivity index (χ4n) is 3.45. The highest BCUT2D eigenvalue weighted by molar-refractivity contribution is 5.69. The summed E-state index contributed by atoms with van der Waals surface area (Å²) in [5.74, 6) is -0.632. The number of alkyl halides is 5. The Hall–Kier alpha value is -3.59. The number of aliphatic hydroxyl groups is 1. The highest BCUT2D eigenvalue weighted by Gasteiger charge is 2.31. The zero-order valence-corrected chi connectivity index (χ0v) is 25.0. The van der Waals surface area contributed by atoms with E-state index in [4.69, 9.17) is 9.84 Å². The third kappa shape index (κ3) is 14.3. The molecule has 42 heavy (non-hydrogen) atoms. The molecule has 0 aliphatic carbocycles. The molecule has 2 rings (SSSR count). The molecule has 0 saturated heterocycles. The van der Waals surface area contributed by atoms with Crippen molar-refractivity contribution in [3.05, 3.63) is 107 Å². The van der Waals surface area contributed by atoms with Crippen molar-refractivity contribution in [1.82, 2.24) is 5.32 Å². The zero-order valence-electron chi connectivity index (χ0n) is 25.0. The Morgan fingerprint density at radius 1 is 0.976 bits per heavy atom. The molecule has 9 heteroatoms. The van der Waals surface area contributed by atoms with Crippen molar-refractivity contribution in [2.45, 2.75) is 79.8 Å². The molecule has 2 aromatic carbocycles. The molecule has 4 nitrogen and oxygen atoms in total. The van der Waals surface area contributed by atoms with Gasteiger partial charge in [-0.3, -0.25) is 0 Å². The van der Waals surface area contributed by atoms with E-state index in [1.807, 2.05) is 38.1 Å². The third-order valence-electron chi connectivity index (χ3n) is 6.25. The number of rotatable bonds is 14. The standard InChI is InChI=1S/C29H32F5NO3.C4H10/c1-5-19(2)24(15-22-9-11-23(12-10-22)17-35-20(3)18-36)13-14-27(37-28(30)31)21(4)25-7-6-8-26(16-25)38-29(32,33)34;1-3-4-2/h6-14,16,28,35-36H,3,5,15,17-18H2,1-2,4H3;3-4H2,1-2H3/b14-13-,24-19-,27-21-;. The first-order chi connectivity index (χ1) is 19.8. The highest BCUT2D eigenvalue weighted by atomic mass is 19.4. The zero-order chi connectivity index (χ0) is 31.7. The number of ether oxygens (including phenoxy) is 2. The Labute approximate surface area is 246 Å². The summed E-state index contributed by atoms with van der Waals surface area (Å²) >= 11 is 0. The first kappa shape index (κ1) is 36.4. The van der Waals surface area contributed by atoms with Gasteiger partial charge in [0, 0.05) is 12.2 Å². The molecule has 0 spiro atoms. The van der Waals surface area contributed by atoms with Gasteiger partial charge in [0.15, 0.2) is 0 Å². The summed E-state index contributed by atoms with van der Waals surface area (Å²) in [4.78, 5) is 0. The SMILES string of the molecule is C=C(CO)NCc1ccc(CC(/C=C\C(OC(F)F)=C(/C)c2cccc(OC(F)(F)F)c2)=C(/C)CC)cc1.CCCC. The van der Waals surface area contributed by atoms with E-state index >= 15 is 0 Å². The number of benzene rings is 2. The highest BCUT2D eigenvalue weighted by Crippen LogP contribution is 2.29. The van der Waals surface area contributed by atoms with Gasteiger partial charge in [-0.1, -0.05) is 88.2 Å². The summed E-state index contributed by atoms with van der Waals surface area (Å²) in [6.07, 6.45) is 2.13. The van der Waals surface area contributed by atoms with E-state index in [-0.39, 0.29) is 23.5 Å². The first-order valence-corrected chi connectivity index (χ1v) is 13.8. The molecule has 0 fully saturated rings. The number of nitrogens with one attached hydrogen (secondary N) is 1. The minimum absolute atomic E-state index is 0.146. The van der Waals surface area contributed by atoms with Crippen molar-refractivity contribution in [2.24, 2.45) is 0 Å². The van der Waals surface area contributed by atoms with Crippen molar-refractivity contribution in [2.75, 3.05) is 6.61 Å². The largest absolute Gasteiger partial charge is 0.573 e. The molecule has 0 saturated carbocycles. The van der Waals surface area contributed by atoms with Crippen LogP contribution in [0.1, 0.15) is 70.6 Å². The summed E-state index contributed by atoms with van der Waals surface area (Å²) in [6.45, 7) is 10.7. The molecule has 0 aromatic heterocycles. The van der Waals surface area contributed by atoms with E-state index in [0.29, 0.717) is 18.7 Å². The number of unbranched alkanes of at least 4 members (excludes halogenated alkanes) is 1. The number of aliphatic hydroxyl groups excluding tert-OH is 1. The number of halogens is 5. The molecule has 0 bridgehead atoms. The van der Waals surface area contributed by atoms with Crippen LogP contribution in [0.25, 0.3) is 5.57 Å². The summed E-state index contributed by atoms with van der Waals surface area (Å²) in [5, 5.41) is 12.1. The second kappa shape index (κ2) is 18.8. The molecule has 0 heterocycles. The predicted molar refractivity (Wildman–Crippen MR) is 159 cm³/mol. The molecule has 0 aliphatic rings. The molecule has 0 aliphatic heterocycles. The quantitative estimate of drug-likeness (QED) is 0.130. The van der Waals surface area contributed by atoms with Crippen LogP contribution in [0.15, 0.2) is 89.9 Å². The second-order valence-corrected chi connectivity index (χ2v) is 9.54. The third-order valence-corrected chi connectivity index (χ3v) is 6.25. The molecule has 0 atom stereocenters. The molecular formula is C33H42F5NO3. The summed E-state index contributed by atoms with van der Waals surface area (Å²) < 4.78 is 73.0. The minimum atomic E-state index is -4.88. The van der Waals surface area contributed by atoms with Crippen LogP contribution < -0.4 is 10.1 Å². The molecule has 0 amide bonds. The van der Waals surface area contributed by atoms with Crippen LogP contribution in [0.3, 0.4) is 0 Å². The van der Waals surface area contributed by atoms with Gasteiger partial charge in [0.2, 0.25) is 0 Å². The van der Waals surface area contributed by atoms with E-state index in [1.54, 1.807) is 6.08 Å². The molecule has 2 N–H and O–H groups in total. The van der Waals surface area contributed by atoms with E-state index in [9.17, 15) is 22.0 Å². The second-order valence-electron chi connectivity index (χ2n) is 9.54. The van der Waals surface area contributed by atoms with Crippen LogP contribution >= 0.6 is 0 Å². The fraction of sp³-hybridized carbons (Fsp3) is 0.394. The summed E-state index contributed by atoms with van der Waals surface area (Å²) in [5.41, 5.74) is 4.93. The van der Waals surface area contributed by atoms with Crippen LogP contribution in [0, 0.1) is 0 Å². The van der Waals surface area contributed by atoms with Crippen LogP contribution in [-0.4, -0.2) is 24.7 Å². The van der Waals surface area contributed by atoms with E-state index in [1.165, 1.54) is 38.0 Å². The Bertz CT molecular complexity index is 1200. The van der Waals surface area contributed by atoms with E-state index in [2.05, 4.69) is 30.5 Å². The average molecular weight is 596 g/mol. The molecule has 0 unspecified atom stereocenters. The maximum Gasteiger partial charge on any atom is 0.573 e. The molecule has 0 radical (unpaired) electrons. The number of hydrogen-bond acceptors (Lipinski definition) is 4. The minimum Gasteiger partial charge on any atom is -0.435 e. The normalized spacial score (nSPS) is 12.8. The lowest BCUT2D eigenvalue weighted by Gasteiger charge is -2.14. The van der Waals surface area contributed by atoms with Crippen LogP contribution in [0.2, 0.25) is 0 Å². The monoisotopic (exact) mass is 595 g/mol. The molecule has 232 valence electrons.